The predicted octanol–water partition coefficient (Wildman–Crippen LogP) is 16.4. The first-order chi connectivity index (χ1) is 31.6. The van der Waals surface area contributed by atoms with Gasteiger partial charge in [0, 0.05) is 68.6 Å². The van der Waals surface area contributed by atoms with E-state index in [-0.39, 0.29) is 27.1 Å². The molecule has 9 rings (SSSR count). The third-order valence-electron chi connectivity index (χ3n) is 14.1. The van der Waals surface area contributed by atoms with Crippen LogP contribution in [0.3, 0.4) is 0 Å². The molecule has 0 aliphatic carbocycles. The number of nitrogens with zero attached hydrogens (tertiary/aromatic N) is 4. The van der Waals surface area contributed by atoms with Gasteiger partial charge in [-0.2, -0.15) is 0 Å². The molecule has 0 saturated heterocycles. The van der Waals surface area contributed by atoms with Gasteiger partial charge < -0.3 is 14.5 Å². The normalized spacial score (nSPS) is 14.0. The molecule has 67 heavy (non-hydrogen) atoms. The molecule has 0 unspecified atom stereocenters. The number of ether oxygens (including phenoxy) is 1. The fraction of sp³-hybridized carbons (Fsp3) is 0.306. The molecule has 8 aromatic rings. The standard InChI is InChI=1S/C62H68N4O/c1-58(2,3)45-32-47(62(12,13)43-24-18-15-19-25-43)35-48(33-45)64-40-56(60(7,8)9)65(41-64)49-34-46(59(4,5)6)36-51(38-49)67-50-28-29-53-52-26-20-21-27-54(52)66(55(53)39-50)57-37-44(30-31-63-57)61(10,11)42-22-16-14-17-23-42/h14-40H,41H2,1-13H3. The van der Waals surface area contributed by atoms with Gasteiger partial charge >= 0.3 is 0 Å². The average Bonchev–Trinajstić information content (AvgIpc) is 3.90. The molecule has 0 N–H and O–H groups in total. The number of hydrogen-bond donors (Lipinski definition) is 0. The van der Waals surface area contributed by atoms with Crippen molar-refractivity contribution in [1.82, 2.24) is 9.55 Å². The maximum absolute atomic E-state index is 7.03. The summed E-state index contributed by atoms with van der Waals surface area (Å²) in [5.74, 6) is 2.46. The van der Waals surface area contributed by atoms with Crippen LogP contribution in [-0.2, 0) is 21.7 Å². The topological polar surface area (TPSA) is 33.5 Å². The van der Waals surface area contributed by atoms with Crippen molar-refractivity contribution in [3.05, 3.63) is 203 Å². The van der Waals surface area contributed by atoms with Crippen LogP contribution in [0.25, 0.3) is 27.6 Å². The molecule has 5 nitrogen and oxygen atoms in total. The van der Waals surface area contributed by atoms with Crippen molar-refractivity contribution in [3.63, 3.8) is 0 Å². The van der Waals surface area contributed by atoms with Gasteiger partial charge in [-0.1, -0.05) is 175 Å². The van der Waals surface area contributed by atoms with Gasteiger partial charge in [-0.3, -0.25) is 4.57 Å². The summed E-state index contributed by atoms with van der Waals surface area (Å²) in [5, 5.41) is 2.34. The summed E-state index contributed by atoms with van der Waals surface area (Å²) in [5.41, 5.74) is 12.7. The van der Waals surface area contributed by atoms with Gasteiger partial charge in [0.15, 0.2) is 0 Å². The molecule has 0 atom stereocenters. The van der Waals surface area contributed by atoms with E-state index >= 15 is 0 Å². The first kappa shape index (κ1) is 45.6. The Kier molecular flexibility index (Phi) is 11.3. The highest BCUT2D eigenvalue weighted by Gasteiger charge is 2.34. The van der Waals surface area contributed by atoms with Gasteiger partial charge in [0.2, 0.25) is 0 Å². The molecule has 1 aliphatic rings. The van der Waals surface area contributed by atoms with Gasteiger partial charge in [-0.05, 0) is 98.8 Å². The predicted molar refractivity (Wildman–Crippen MR) is 283 cm³/mol. The number of rotatable bonds is 9. The van der Waals surface area contributed by atoms with Crippen molar-refractivity contribution in [2.24, 2.45) is 5.41 Å². The van der Waals surface area contributed by atoms with Crippen LogP contribution in [0.2, 0.25) is 0 Å². The van der Waals surface area contributed by atoms with Crippen LogP contribution in [0.5, 0.6) is 11.5 Å². The molecule has 2 aromatic heterocycles. The Labute approximate surface area is 399 Å². The first-order valence-electron chi connectivity index (χ1n) is 24.0. The number of allylic oxidation sites excluding steroid dienone is 1. The Balaban J connectivity index is 1.11. The Morgan fingerprint density at radius 3 is 1.64 bits per heavy atom. The highest BCUT2D eigenvalue weighted by atomic mass is 16.5. The Morgan fingerprint density at radius 2 is 1.00 bits per heavy atom. The van der Waals surface area contributed by atoms with Crippen LogP contribution in [0.4, 0.5) is 11.4 Å². The number of fused-ring (bicyclic) bond motifs is 3. The van der Waals surface area contributed by atoms with E-state index in [9.17, 15) is 0 Å². The maximum atomic E-state index is 7.03. The van der Waals surface area contributed by atoms with Gasteiger partial charge in [0.25, 0.3) is 0 Å². The summed E-state index contributed by atoms with van der Waals surface area (Å²) in [6.07, 6.45) is 4.32. The molecular formula is C62H68N4O. The molecular weight excluding hydrogens is 817 g/mol. The second kappa shape index (κ2) is 16.6. The summed E-state index contributed by atoms with van der Waals surface area (Å²) >= 11 is 0. The van der Waals surface area contributed by atoms with E-state index < -0.39 is 0 Å². The van der Waals surface area contributed by atoms with E-state index in [1.807, 2.05) is 6.20 Å². The molecule has 1 aliphatic heterocycles. The lowest BCUT2D eigenvalue weighted by Crippen LogP contribution is -2.31. The molecule has 6 aromatic carbocycles. The Morgan fingerprint density at radius 1 is 0.433 bits per heavy atom. The van der Waals surface area contributed by atoms with E-state index in [1.165, 1.54) is 50.2 Å². The van der Waals surface area contributed by atoms with Crippen LogP contribution in [-0.4, -0.2) is 16.2 Å². The fourth-order valence-electron chi connectivity index (χ4n) is 9.63. The number of aromatic nitrogens is 2. The molecule has 0 amide bonds. The van der Waals surface area contributed by atoms with Gasteiger partial charge in [0.05, 0.1) is 17.7 Å². The van der Waals surface area contributed by atoms with Crippen molar-refractivity contribution in [2.75, 3.05) is 16.5 Å². The van der Waals surface area contributed by atoms with E-state index in [0.717, 1.165) is 39.4 Å². The minimum atomic E-state index is -0.213. The summed E-state index contributed by atoms with van der Waals surface area (Å²) in [4.78, 5) is 9.94. The molecule has 5 heteroatoms. The van der Waals surface area contributed by atoms with Crippen molar-refractivity contribution in [1.29, 1.82) is 0 Å². The van der Waals surface area contributed by atoms with E-state index in [4.69, 9.17) is 9.72 Å². The van der Waals surface area contributed by atoms with Gasteiger partial charge in [0.1, 0.15) is 17.3 Å². The van der Waals surface area contributed by atoms with Crippen LogP contribution < -0.4 is 14.5 Å². The van der Waals surface area contributed by atoms with Crippen molar-refractivity contribution >= 4 is 33.2 Å². The van der Waals surface area contributed by atoms with Crippen molar-refractivity contribution < 1.29 is 4.74 Å². The largest absolute Gasteiger partial charge is 0.457 e. The lowest BCUT2D eigenvalue weighted by Gasteiger charge is -2.33. The molecule has 3 heterocycles. The molecule has 0 bridgehead atoms. The van der Waals surface area contributed by atoms with Crippen molar-refractivity contribution in [3.8, 4) is 17.3 Å². The average molecular weight is 885 g/mol. The summed E-state index contributed by atoms with van der Waals surface area (Å²) in [7, 11) is 0. The zero-order valence-corrected chi connectivity index (χ0v) is 42.0. The summed E-state index contributed by atoms with van der Waals surface area (Å²) in [6.45, 7) is 30.7. The smallest absolute Gasteiger partial charge is 0.137 e. The summed E-state index contributed by atoms with van der Waals surface area (Å²) < 4.78 is 9.32. The number of para-hydroxylation sites is 1. The van der Waals surface area contributed by atoms with Crippen LogP contribution in [0, 0.1) is 5.41 Å². The van der Waals surface area contributed by atoms with E-state index in [2.05, 4.69) is 262 Å². The number of anilines is 2. The number of pyridine rings is 1. The first-order valence-corrected chi connectivity index (χ1v) is 24.0. The fourth-order valence-corrected chi connectivity index (χ4v) is 9.63. The number of hydrogen-bond acceptors (Lipinski definition) is 4. The van der Waals surface area contributed by atoms with Crippen LogP contribution in [0.15, 0.2) is 170 Å². The molecule has 0 saturated carbocycles. The quantitative estimate of drug-likeness (QED) is 0.145. The minimum absolute atomic E-state index is 0.0298. The lowest BCUT2D eigenvalue weighted by molar-refractivity contribution is 0.477. The van der Waals surface area contributed by atoms with Gasteiger partial charge in [-0.15, -0.1) is 0 Å². The minimum Gasteiger partial charge on any atom is -0.457 e. The highest BCUT2D eigenvalue weighted by molar-refractivity contribution is 6.09. The third-order valence-corrected chi connectivity index (χ3v) is 14.1. The third kappa shape index (κ3) is 8.77. The SMILES string of the molecule is CC(C)(C)C1=CN(c2cc(C(C)(C)C)cc(C(C)(C)c3ccccc3)c2)CN1c1cc(Oc2ccc3c4ccccc4n(-c4cc(C(C)(C)c5ccccc5)ccn4)c3c2)cc(C(C)(C)C)c1. The second-order valence-electron chi connectivity index (χ2n) is 22.8. The monoisotopic (exact) mass is 885 g/mol. The molecule has 0 fully saturated rings. The summed E-state index contributed by atoms with van der Waals surface area (Å²) in [6, 6.07) is 55.2. The second-order valence-corrected chi connectivity index (χ2v) is 22.8. The molecule has 0 spiro atoms. The van der Waals surface area contributed by atoms with Crippen LogP contribution >= 0.6 is 0 Å². The zero-order valence-electron chi connectivity index (χ0n) is 42.0. The van der Waals surface area contributed by atoms with Gasteiger partial charge in [-0.25, -0.2) is 4.98 Å². The Hall–Kier alpha value is -6.59. The molecule has 342 valence electrons. The maximum Gasteiger partial charge on any atom is 0.137 e. The lowest BCUT2D eigenvalue weighted by atomic mass is 9.75. The van der Waals surface area contributed by atoms with Crippen LogP contribution in [0.1, 0.15) is 123 Å². The highest BCUT2D eigenvalue weighted by Crippen LogP contribution is 2.44. The van der Waals surface area contributed by atoms with E-state index in [0.29, 0.717) is 6.67 Å². The Bertz CT molecular complexity index is 3130. The number of benzene rings is 6. The molecule has 0 radical (unpaired) electrons. The van der Waals surface area contributed by atoms with E-state index in [1.54, 1.807) is 0 Å². The zero-order chi connectivity index (χ0) is 47.7. The van der Waals surface area contributed by atoms with Crippen molar-refractivity contribution in [2.45, 2.75) is 112 Å².